The smallest absolute Gasteiger partial charge is 0.338 e. The molecule has 0 saturated heterocycles. The van der Waals surface area contributed by atoms with Crippen molar-refractivity contribution in [1.82, 2.24) is 0 Å². The molecule has 0 aromatic heterocycles. The van der Waals surface area contributed by atoms with Crippen molar-refractivity contribution in [3.05, 3.63) is 65.2 Å². The van der Waals surface area contributed by atoms with Crippen LogP contribution in [0.2, 0.25) is 0 Å². The average molecular weight is 418 g/mol. The molecule has 2 aromatic rings. The molecule has 29 heavy (non-hydrogen) atoms. The highest BCUT2D eigenvalue weighted by atomic mass is 32.2. The molecule has 156 valence electrons. The van der Waals surface area contributed by atoms with Crippen molar-refractivity contribution in [2.45, 2.75) is 45.0 Å². The number of ether oxygens (including phenoxy) is 1. The van der Waals surface area contributed by atoms with Crippen molar-refractivity contribution >= 4 is 27.4 Å². The van der Waals surface area contributed by atoms with Gasteiger partial charge < -0.3 is 10.1 Å². The van der Waals surface area contributed by atoms with E-state index in [1.54, 1.807) is 12.1 Å². The predicted octanol–water partition coefficient (Wildman–Crippen LogP) is 3.93. The molecule has 0 heterocycles. The minimum atomic E-state index is -3.15. The molecule has 6 nitrogen and oxygen atoms in total. The number of benzene rings is 2. The van der Waals surface area contributed by atoms with Crippen LogP contribution in [0, 0.1) is 0 Å². The third kappa shape index (κ3) is 6.71. The van der Waals surface area contributed by atoms with Gasteiger partial charge in [0.1, 0.15) is 0 Å². The molecular weight excluding hydrogens is 390 g/mol. The Hall–Kier alpha value is -2.67. The Bertz CT molecular complexity index is 967. The lowest BCUT2D eigenvalue weighted by molar-refractivity contribution is -0.123. The molecule has 0 radical (unpaired) electrons. The van der Waals surface area contributed by atoms with Gasteiger partial charge >= 0.3 is 5.97 Å². The maximum atomic E-state index is 12.5. The summed E-state index contributed by atoms with van der Waals surface area (Å²) in [6.07, 6.45) is 1.10. The first kappa shape index (κ1) is 22.6. The Kier molecular flexibility index (Phi) is 7.56. The second-order valence-electron chi connectivity index (χ2n) is 7.20. The first-order valence-electron chi connectivity index (χ1n) is 9.48. The van der Waals surface area contributed by atoms with E-state index in [0.29, 0.717) is 11.3 Å². The van der Waals surface area contributed by atoms with Crippen molar-refractivity contribution in [2.75, 3.05) is 11.6 Å². The number of carbonyl (C=O) groups is 2. The molecule has 0 unspecified atom stereocenters. The van der Waals surface area contributed by atoms with Gasteiger partial charge in [-0.1, -0.05) is 44.2 Å². The number of carbonyl (C=O) groups excluding carboxylic acids is 2. The molecule has 1 N–H and O–H groups in total. The summed E-state index contributed by atoms with van der Waals surface area (Å²) in [4.78, 5) is 24.8. The van der Waals surface area contributed by atoms with Crippen molar-refractivity contribution < 1.29 is 22.7 Å². The molecule has 2 rings (SSSR count). The summed E-state index contributed by atoms with van der Waals surface area (Å²) in [6.45, 7) is 5.67. The molecule has 0 spiro atoms. The van der Waals surface area contributed by atoms with E-state index in [0.717, 1.165) is 18.2 Å². The van der Waals surface area contributed by atoms with Gasteiger partial charge in [-0.15, -0.1) is 0 Å². The van der Waals surface area contributed by atoms with E-state index < -0.39 is 27.8 Å². The quantitative estimate of drug-likeness (QED) is 0.658. The van der Waals surface area contributed by atoms with Crippen LogP contribution in [0.3, 0.4) is 0 Å². The van der Waals surface area contributed by atoms with E-state index >= 15 is 0 Å². The summed E-state index contributed by atoms with van der Waals surface area (Å²) in [5.74, 6) is -0.872. The highest BCUT2D eigenvalue weighted by Crippen LogP contribution is 2.26. The van der Waals surface area contributed by atoms with Crippen LogP contribution in [-0.4, -0.2) is 32.7 Å². The fourth-order valence-electron chi connectivity index (χ4n) is 2.82. The van der Waals surface area contributed by atoms with Gasteiger partial charge in [0.05, 0.1) is 11.3 Å². The zero-order valence-electron chi connectivity index (χ0n) is 17.1. The third-order valence-electron chi connectivity index (χ3n) is 4.63. The predicted molar refractivity (Wildman–Crippen MR) is 114 cm³/mol. The van der Waals surface area contributed by atoms with E-state index in [9.17, 15) is 18.0 Å². The standard InChI is InChI=1S/C22H27NO5S/c1-5-15(2)19-8-6-7-9-20(19)23-21(24)16(3)28-22(25)18-12-10-17(11-13-18)14-29(4,26)27/h6-13,15-16H,5,14H2,1-4H3,(H,23,24)/t15-,16+/m1/s1. The number of sulfone groups is 1. The van der Waals surface area contributed by atoms with E-state index in [2.05, 4.69) is 19.2 Å². The number of rotatable bonds is 8. The molecule has 0 fully saturated rings. The van der Waals surface area contributed by atoms with Crippen LogP contribution < -0.4 is 5.32 Å². The maximum Gasteiger partial charge on any atom is 0.338 e. The average Bonchev–Trinajstić information content (AvgIpc) is 2.67. The lowest BCUT2D eigenvalue weighted by Crippen LogP contribution is -2.30. The molecular formula is C22H27NO5S. The fraction of sp³-hybridized carbons (Fsp3) is 0.364. The van der Waals surface area contributed by atoms with Crippen LogP contribution in [0.15, 0.2) is 48.5 Å². The van der Waals surface area contributed by atoms with Gasteiger partial charge in [-0.3, -0.25) is 4.79 Å². The van der Waals surface area contributed by atoms with Crippen LogP contribution in [0.4, 0.5) is 5.69 Å². The fourth-order valence-corrected chi connectivity index (χ4v) is 3.61. The lowest BCUT2D eigenvalue weighted by atomic mass is 9.97. The third-order valence-corrected chi connectivity index (χ3v) is 5.49. The Morgan fingerprint density at radius 3 is 2.24 bits per heavy atom. The normalized spacial score (nSPS) is 13.4. The largest absolute Gasteiger partial charge is 0.449 e. The Balaban J connectivity index is 2.02. The molecule has 0 aliphatic carbocycles. The van der Waals surface area contributed by atoms with E-state index in [1.165, 1.54) is 19.1 Å². The van der Waals surface area contributed by atoms with E-state index in [1.807, 2.05) is 24.3 Å². The van der Waals surface area contributed by atoms with E-state index in [4.69, 9.17) is 4.74 Å². The van der Waals surface area contributed by atoms with Crippen LogP contribution in [0.5, 0.6) is 0 Å². The Morgan fingerprint density at radius 2 is 1.66 bits per heavy atom. The minimum absolute atomic E-state index is 0.100. The van der Waals surface area contributed by atoms with Gasteiger partial charge in [0, 0.05) is 11.9 Å². The molecule has 7 heteroatoms. The molecule has 2 aromatic carbocycles. The Morgan fingerprint density at radius 1 is 1.03 bits per heavy atom. The number of hydrogen-bond donors (Lipinski definition) is 1. The number of para-hydroxylation sites is 1. The molecule has 0 aliphatic rings. The number of esters is 1. The number of anilines is 1. The Labute approximate surface area is 172 Å². The van der Waals surface area contributed by atoms with Crippen LogP contribution in [0.1, 0.15) is 54.6 Å². The van der Waals surface area contributed by atoms with E-state index in [-0.39, 0.29) is 17.2 Å². The molecule has 0 bridgehead atoms. The van der Waals surface area contributed by atoms with Crippen LogP contribution in [-0.2, 0) is 25.1 Å². The van der Waals surface area contributed by atoms with Gasteiger partial charge in [0.25, 0.3) is 5.91 Å². The number of nitrogens with one attached hydrogen (secondary N) is 1. The first-order valence-corrected chi connectivity index (χ1v) is 11.5. The van der Waals surface area contributed by atoms with Crippen LogP contribution >= 0.6 is 0 Å². The van der Waals surface area contributed by atoms with Gasteiger partial charge in [-0.2, -0.15) is 0 Å². The molecule has 1 amide bonds. The molecule has 0 aliphatic heterocycles. The summed E-state index contributed by atoms with van der Waals surface area (Å²) in [5, 5.41) is 2.83. The lowest BCUT2D eigenvalue weighted by Gasteiger charge is -2.18. The first-order chi connectivity index (χ1) is 13.6. The summed E-state index contributed by atoms with van der Waals surface area (Å²) in [7, 11) is -3.15. The van der Waals surface area contributed by atoms with Crippen molar-refractivity contribution in [2.24, 2.45) is 0 Å². The van der Waals surface area contributed by atoms with Gasteiger partial charge in [-0.25, -0.2) is 13.2 Å². The second kappa shape index (κ2) is 9.69. The zero-order chi connectivity index (χ0) is 21.6. The number of hydrogen-bond acceptors (Lipinski definition) is 5. The highest BCUT2D eigenvalue weighted by molar-refractivity contribution is 7.89. The SMILES string of the molecule is CC[C@@H](C)c1ccccc1NC(=O)[C@H](C)OC(=O)c1ccc(CS(C)(=O)=O)cc1. The number of amides is 1. The van der Waals surface area contributed by atoms with Gasteiger partial charge in [0.2, 0.25) is 0 Å². The van der Waals surface area contributed by atoms with Gasteiger partial charge in [-0.05, 0) is 48.6 Å². The maximum absolute atomic E-state index is 12.5. The molecule has 2 atom stereocenters. The summed E-state index contributed by atoms with van der Waals surface area (Å²) in [6, 6.07) is 13.7. The zero-order valence-corrected chi connectivity index (χ0v) is 18.0. The summed E-state index contributed by atoms with van der Waals surface area (Å²) < 4.78 is 27.9. The topological polar surface area (TPSA) is 89.5 Å². The summed E-state index contributed by atoms with van der Waals surface area (Å²) in [5.41, 5.74) is 2.57. The van der Waals surface area contributed by atoms with Crippen molar-refractivity contribution in [1.29, 1.82) is 0 Å². The van der Waals surface area contributed by atoms with Crippen LogP contribution in [0.25, 0.3) is 0 Å². The van der Waals surface area contributed by atoms with Gasteiger partial charge in [0.15, 0.2) is 15.9 Å². The molecule has 0 saturated carbocycles. The summed E-state index contributed by atoms with van der Waals surface area (Å²) >= 11 is 0. The second-order valence-corrected chi connectivity index (χ2v) is 9.34. The monoisotopic (exact) mass is 417 g/mol. The van der Waals surface area contributed by atoms with Crippen molar-refractivity contribution in [3.8, 4) is 0 Å². The highest BCUT2D eigenvalue weighted by Gasteiger charge is 2.20. The van der Waals surface area contributed by atoms with Crippen molar-refractivity contribution in [3.63, 3.8) is 0 Å². The minimum Gasteiger partial charge on any atom is -0.449 e.